The lowest BCUT2D eigenvalue weighted by Gasteiger charge is -2.15. The first-order valence-corrected chi connectivity index (χ1v) is 7.39. The van der Waals surface area contributed by atoms with Gasteiger partial charge in [-0.15, -0.1) is 0 Å². The summed E-state index contributed by atoms with van der Waals surface area (Å²) >= 11 is 0. The fourth-order valence-electron chi connectivity index (χ4n) is 3.82. The fraction of sp³-hybridized carbons (Fsp3) is 0.0476. The Kier molecular flexibility index (Phi) is 1.97. The number of allylic oxidation sites excluding steroid dienone is 2. The Bertz CT molecular complexity index is 839. The van der Waals surface area contributed by atoms with Gasteiger partial charge < -0.3 is 0 Å². The molecule has 2 aliphatic rings. The molecule has 3 aromatic carbocycles. The molecule has 0 aromatic heterocycles. The van der Waals surface area contributed by atoms with Gasteiger partial charge in [0.15, 0.2) is 0 Å². The van der Waals surface area contributed by atoms with Crippen LogP contribution in [0.4, 0.5) is 0 Å². The smallest absolute Gasteiger partial charge is 0.0622 e. The Balaban J connectivity index is 1.76. The molecule has 0 radical (unpaired) electrons. The minimum Gasteiger partial charge on any atom is -0.0622 e. The molecule has 0 N–H and O–H groups in total. The molecule has 0 bridgehead atoms. The van der Waals surface area contributed by atoms with Crippen molar-refractivity contribution in [2.75, 3.05) is 0 Å². The van der Waals surface area contributed by atoms with Gasteiger partial charge in [-0.25, -0.2) is 0 Å². The highest BCUT2D eigenvalue weighted by atomic mass is 14.5. The molecule has 98 valence electrons. The number of rotatable bonds is 1. The van der Waals surface area contributed by atoms with Crippen LogP contribution in [-0.2, 0) is 5.41 Å². The van der Waals surface area contributed by atoms with Gasteiger partial charge in [0.1, 0.15) is 0 Å². The van der Waals surface area contributed by atoms with E-state index in [1.807, 2.05) is 0 Å². The van der Waals surface area contributed by atoms with Crippen molar-refractivity contribution in [3.63, 3.8) is 0 Å². The maximum absolute atomic E-state index is 2.42. The molecule has 0 saturated carbocycles. The molecule has 0 heteroatoms. The van der Waals surface area contributed by atoms with Gasteiger partial charge in [0.2, 0.25) is 0 Å². The summed E-state index contributed by atoms with van der Waals surface area (Å²) in [4.78, 5) is 0. The van der Waals surface area contributed by atoms with Crippen LogP contribution in [-0.4, -0.2) is 0 Å². The Labute approximate surface area is 124 Å². The summed E-state index contributed by atoms with van der Waals surface area (Å²) in [5, 5.41) is 0. The molecular weight excluding hydrogens is 252 g/mol. The van der Waals surface area contributed by atoms with Crippen molar-refractivity contribution >= 4 is 5.57 Å². The summed E-state index contributed by atoms with van der Waals surface area (Å²) in [6.07, 6.45) is 2.42. The molecule has 0 aliphatic heterocycles. The normalized spacial score (nSPS) is 16.3. The van der Waals surface area contributed by atoms with Crippen LogP contribution in [0.2, 0.25) is 0 Å². The minimum absolute atomic E-state index is 0.0224. The van der Waals surface area contributed by atoms with E-state index in [9.17, 15) is 0 Å². The van der Waals surface area contributed by atoms with Gasteiger partial charge in [-0.3, -0.25) is 0 Å². The van der Waals surface area contributed by atoms with Gasteiger partial charge >= 0.3 is 0 Å². The van der Waals surface area contributed by atoms with Crippen molar-refractivity contribution in [3.05, 3.63) is 102 Å². The summed E-state index contributed by atoms with van der Waals surface area (Å²) < 4.78 is 0. The molecule has 1 spiro atoms. The summed E-state index contributed by atoms with van der Waals surface area (Å²) in [7, 11) is 0. The van der Waals surface area contributed by atoms with E-state index in [4.69, 9.17) is 0 Å². The van der Waals surface area contributed by atoms with E-state index >= 15 is 0 Å². The summed E-state index contributed by atoms with van der Waals surface area (Å²) in [6.45, 7) is 0. The topological polar surface area (TPSA) is 0 Å². The summed E-state index contributed by atoms with van der Waals surface area (Å²) in [6, 6.07) is 28.4. The molecule has 3 aromatic rings. The molecule has 0 heterocycles. The second-order valence-electron chi connectivity index (χ2n) is 5.82. The predicted octanol–water partition coefficient (Wildman–Crippen LogP) is 5.05. The van der Waals surface area contributed by atoms with Crippen LogP contribution in [0.1, 0.15) is 16.7 Å². The van der Waals surface area contributed by atoms with Crippen LogP contribution in [0, 0.1) is 0 Å². The highest BCUT2D eigenvalue weighted by Gasteiger charge is 2.53. The molecule has 21 heavy (non-hydrogen) atoms. The van der Waals surface area contributed by atoms with E-state index in [0.717, 1.165) is 0 Å². The van der Waals surface area contributed by atoms with Gasteiger partial charge in [-0.1, -0.05) is 84.9 Å². The van der Waals surface area contributed by atoms with E-state index in [1.54, 1.807) is 0 Å². The van der Waals surface area contributed by atoms with Crippen LogP contribution in [0.15, 0.2) is 84.9 Å². The van der Waals surface area contributed by atoms with Crippen molar-refractivity contribution in [1.82, 2.24) is 0 Å². The van der Waals surface area contributed by atoms with Crippen LogP contribution in [0.3, 0.4) is 0 Å². The zero-order valence-corrected chi connectivity index (χ0v) is 11.6. The number of fused-ring (bicyclic) bond motifs is 5. The van der Waals surface area contributed by atoms with Crippen molar-refractivity contribution in [3.8, 4) is 11.1 Å². The van der Waals surface area contributed by atoms with Gasteiger partial charge in [0.25, 0.3) is 0 Å². The monoisotopic (exact) mass is 266 g/mol. The first-order chi connectivity index (χ1) is 10.4. The third-order valence-electron chi connectivity index (χ3n) is 4.78. The van der Waals surface area contributed by atoms with Crippen molar-refractivity contribution in [2.45, 2.75) is 5.41 Å². The third-order valence-corrected chi connectivity index (χ3v) is 4.78. The Morgan fingerprint density at radius 3 is 1.67 bits per heavy atom. The fourth-order valence-corrected chi connectivity index (χ4v) is 3.82. The number of hydrogen-bond acceptors (Lipinski definition) is 0. The molecule has 5 rings (SSSR count). The molecule has 0 amide bonds. The molecule has 0 nitrogen and oxygen atoms in total. The zero-order valence-electron chi connectivity index (χ0n) is 11.6. The quantitative estimate of drug-likeness (QED) is 0.578. The molecule has 2 aliphatic carbocycles. The predicted molar refractivity (Wildman–Crippen MR) is 87.1 cm³/mol. The van der Waals surface area contributed by atoms with Crippen LogP contribution in [0.25, 0.3) is 16.7 Å². The first kappa shape index (κ1) is 11.1. The van der Waals surface area contributed by atoms with Crippen molar-refractivity contribution in [2.24, 2.45) is 0 Å². The molecule has 0 unspecified atom stereocenters. The maximum atomic E-state index is 2.42. The number of benzene rings is 3. The highest BCUT2D eigenvalue weighted by Crippen LogP contribution is 2.64. The second kappa shape index (κ2) is 3.73. The van der Waals surface area contributed by atoms with Gasteiger partial charge in [0, 0.05) is 0 Å². The van der Waals surface area contributed by atoms with E-state index in [1.165, 1.54) is 33.4 Å². The highest BCUT2D eigenvalue weighted by molar-refractivity contribution is 6.03. The van der Waals surface area contributed by atoms with E-state index in [-0.39, 0.29) is 5.41 Å². The standard InChI is InChI=1S/C21H14/c1-2-8-15(9-3-1)20-14-21(20)18-12-6-4-10-16(18)17-11-5-7-13-19(17)21/h1-14H. The summed E-state index contributed by atoms with van der Waals surface area (Å²) in [5.41, 5.74) is 8.44. The largest absolute Gasteiger partial charge is 0.0653 e. The Morgan fingerprint density at radius 1 is 0.524 bits per heavy atom. The van der Waals surface area contributed by atoms with E-state index in [0.29, 0.717) is 0 Å². The SMILES string of the molecule is C1=C(c2ccccc2)C12c1ccccc1-c1ccccc12. The van der Waals surface area contributed by atoms with Crippen molar-refractivity contribution < 1.29 is 0 Å². The Hall–Kier alpha value is -2.60. The van der Waals surface area contributed by atoms with Gasteiger partial charge in [0.05, 0.1) is 5.41 Å². The molecule has 0 fully saturated rings. The maximum Gasteiger partial charge on any atom is 0.0653 e. The van der Waals surface area contributed by atoms with E-state index < -0.39 is 0 Å². The minimum atomic E-state index is 0.0224. The molecule has 0 saturated heterocycles. The lowest BCUT2D eigenvalue weighted by molar-refractivity contribution is 0.984. The zero-order chi connectivity index (χ0) is 13.9. The second-order valence-corrected chi connectivity index (χ2v) is 5.82. The third kappa shape index (κ3) is 1.30. The van der Waals surface area contributed by atoms with Crippen molar-refractivity contribution in [1.29, 1.82) is 0 Å². The summed E-state index contributed by atoms with van der Waals surface area (Å²) in [5.74, 6) is 0. The lowest BCUT2D eigenvalue weighted by Crippen LogP contribution is -2.09. The lowest BCUT2D eigenvalue weighted by atomic mass is 9.86. The average Bonchev–Trinajstić information content (AvgIpc) is 3.25. The average molecular weight is 266 g/mol. The first-order valence-electron chi connectivity index (χ1n) is 7.39. The van der Waals surface area contributed by atoms with Crippen LogP contribution in [0.5, 0.6) is 0 Å². The molecule has 0 atom stereocenters. The van der Waals surface area contributed by atoms with Gasteiger partial charge in [-0.2, -0.15) is 0 Å². The Morgan fingerprint density at radius 2 is 1.05 bits per heavy atom. The van der Waals surface area contributed by atoms with Gasteiger partial charge in [-0.05, 0) is 33.4 Å². The van der Waals surface area contributed by atoms with E-state index in [2.05, 4.69) is 84.9 Å². The molecular formula is C21H14. The van der Waals surface area contributed by atoms with Crippen LogP contribution >= 0.6 is 0 Å². The van der Waals surface area contributed by atoms with Crippen LogP contribution < -0.4 is 0 Å². The number of hydrogen-bond donors (Lipinski definition) is 0.